The molecule has 0 bridgehead atoms. The number of carbonyl (C=O) groups excluding carboxylic acids is 1. The number of thioether (sulfide) groups is 1. The summed E-state index contributed by atoms with van der Waals surface area (Å²) in [7, 11) is 0. The molecule has 0 radical (unpaired) electrons. The molecule has 0 saturated heterocycles. The molecule has 0 unspecified atom stereocenters. The quantitative estimate of drug-likeness (QED) is 0.366. The Hall–Kier alpha value is -2.43. The molecule has 0 saturated carbocycles. The van der Waals surface area contributed by atoms with E-state index in [0.717, 1.165) is 39.1 Å². The van der Waals surface area contributed by atoms with E-state index in [0.29, 0.717) is 10.7 Å². The third-order valence-electron chi connectivity index (χ3n) is 4.16. The molecule has 0 amide bonds. The summed E-state index contributed by atoms with van der Waals surface area (Å²) in [6.45, 7) is 4.00. The monoisotopic (exact) mass is 391 g/mol. The summed E-state index contributed by atoms with van der Waals surface area (Å²) in [5.74, 6) is 0. The highest BCUT2D eigenvalue weighted by atomic mass is 32.2. The van der Waals surface area contributed by atoms with Gasteiger partial charge in [-0.1, -0.05) is 92.8 Å². The molecule has 0 aliphatic carbocycles. The summed E-state index contributed by atoms with van der Waals surface area (Å²) >= 11 is 6.76. The fourth-order valence-electron chi connectivity index (χ4n) is 3.06. The predicted octanol–water partition coefficient (Wildman–Crippen LogP) is 6.46. The van der Waals surface area contributed by atoms with Gasteiger partial charge in [-0.2, -0.15) is 0 Å². The summed E-state index contributed by atoms with van der Waals surface area (Å²) in [6, 6.07) is 26.1. The molecule has 0 aliphatic rings. The third-order valence-corrected chi connectivity index (χ3v) is 5.32. The van der Waals surface area contributed by atoms with Gasteiger partial charge in [0, 0.05) is 17.2 Å². The average Bonchev–Trinajstić information content (AvgIpc) is 3.05. The Morgan fingerprint density at radius 1 is 0.815 bits per heavy atom. The van der Waals surface area contributed by atoms with Crippen molar-refractivity contribution in [3.05, 3.63) is 84.4 Å². The minimum Gasteiger partial charge on any atom is -0.294 e. The summed E-state index contributed by atoms with van der Waals surface area (Å²) < 4.78 is 2.58. The number of thiocarbonyl (C=S) groups is 1. The van der Waals surface area contributed by atoms with Crippen molar-refractivity contribution in [1.82, 2.24) is 4.57 Å². The number of rotatable bonds is 2. The van der Waals surface area contributed by atoms with Crippen molar-refractivity contribution in [3.63, 3.8) is 0 Å². The summed E-state index contributed by atoms with van der Waals surface area (Å²) in [5, 5.41) is 2.35. The zero-order valence-corrected chi connectivity index (χ0v) is 17.0. The fraction of sp³-hybridized carbons (Fsp3) is 0.130. The summed E-state index contributed by atoms with van der Waals surface area (Å²) in [5.41, 5.74) is 3.08. The summed E-state index contributed by atoms with van der Waals surface area (Å²) in [6.07, 6.45) is 0.378. The van der Waals surface area contributed by atoms with Crippen LogP contribution in [0.5, 0.6) is 0 Å². The first-order valence-electron chi connectivity index (χ1n) is 9.01. The molecule has 2 nitrogen and oxygen atoms in total. The van der Waals surface area contributed by atoms with Crippen molar-refractivity contribution in [2.24, 2.45) is 0 Å². The van der Waals surface area contributed by atoms with Crippen LogP contribution < -0.4 is 0 Å². The normalized spacial score (nSPS) is 10.4. The molecule has 136 valence electrons. The maximum atomic E-state index is 12.5. The van der Waals surface area contributed by atoms with Gasteiger partial charge < -0.3 is 0 Å². The van der Waals surface area contributed by atoms with Gasteiger partial charge in [-0.15, -0.1) is 0 Å². The molecule has 27 heavy (non-hydrogen) atoms. The lowest BCUT2D eigenvalue weighted by atomic mass is 10.2. The molecule has 1 heterocycles. The molecular formula is C23H21NOS2. The second-order valence-electron chi connectivity index (χ2n) is 5.77. The topological polar surface area (TPSA) is 22.0 Å². The average molecular weight is 392 g/mol. The Balaban J connectivity index is 0.00000102. The molecule has 0 aliphatic heterocycles. The number of nitrogens with zero attached hydrogens (tertiary/aromatic N) is 1. The third kappa shape index (κ3) is 4.12. The van der Waals surface area contributed by atoms with E-state index in [1.165, 1.54) is 0 Å². The van der Waals surface area contributed by atoms with E-state index < -0.39 is 0 Å². The van der Waals surface area contributed by atoms with E-state index in [1.807, 2.05) is 85.1 Å². The number of para-hydroxylation sites is 2. The smallest absolute Gasteiger partial charge is 0.200 e. The molecular weight excluding hydrogens is 370 g/mol. The maximum Gasteiger partial charge on any atom is 0.200 e. The Morgan fingerprint density at radius 2 is 1.30 bits per heavy atom. The van der Waals surface area contributed by atoms with Crippen LogP contribution in [0.1, 0.15) is 19.4 Å². The van der Waals surface area contributed by atoms with Crippen LogP contribution in [0.3, 0.4) is 0 Å². The lowest BCUT2D eigenvalue weighted by Gasteiger charge is -2.08. The van der Waals surface area contributed by atoms with Gasteiger partial charge in [-0.05, 0) is 29.5 Å². The number of hydrogen-bond donors (Lipinski definition) is 0. The van der Waals surface area contributed by atoms with Crippen LogP contribution in [0.4, 0.5) is 0 Å². The minimum atomic E-state index is 0.0538. The van der Waals surface area contributed by atoms with Crippen molar-refractivity contribution < 1.29 is 4.79 Å². The maximum absolute atomic E-state index is 12.5. The number of fused-ring (bicyclic) bond motifs is 3. The van der Waals surface area contributed by atoms with E-state index in [1.54, 1.807) is 0 Å². The lowest BCUT2D eigenvalue weighted by Crippen LogP contribution is -2.09. The van der Waals surface area contributed by atoms with Crippen molar-refractivity contribution in [1.29, 1.82) is 0 Å². The van der Waals surface area contributed by atoms with E-state index >= 15 is 0 Å². The van der Waals surface area contributed by atoms with Gasteiger partial charge in [0.25, 0.3) is 0 Å². The van der Waals surface area contributed by atoms with E-state index in [4.69, 9.17) is 12.2 Å². The number of benzene rings is 3. The molecule has 1 aromatic heterocycles. The van der Waals surface area contributed by atoms with Crippen LogP contribution in [-0.2, 0) is 11.2 Å². The first-order chi connectivity index (χ1) is 13.2. The standard InChI is InChI=1S/C21H15NOS2.C2H6/c23-20(14-15-8-2-1-3-9-15)25-21(24)22-18-12-6-4-10-16(18)17-11-5-7-13-19(17)22;1-2/h1-13H,14H2;1-2H3. The zero-order chi connectivity index (χ0) is 19.2. The first-order valence-corrected chi connectivity index (χ1v) is 10.2. The first kappa shape index (κ1) is 19.3. The number of hydrogen-bond acceptors (Lipinski definition) is 3. The predicted molar refractivity (Wildman–Crippen MR) is 122 cm³/mol. The molecule has 0 fully saturated rings. The Labute approximate surface area is 169 Å². The lowest BCUT2D eigenvalue weighted by molar-refractivity contribution is -0.110. The Bertz CT molecular complexity index is 1030. The molecule has 4 heteroatoms. The van der Waals surface area contributed by atoms with Gasteiger partial charge >= 0.3 is 0 Å². The zero-order valence-electron chi connectivity index (χ0n) is 15.4. The van der Waals surface area contributed by atoms with E-state index in [9.17, 15) is 4.79 Å². The largest absolute Gasteiger partial charge is 0.294 e. The highest BCUT2D eigenvalue weighted by Gasteiger charge is 2.16. The van der Waals surface area contributed by atoms with Crippen LogP contribution in [0.15, 0.2) is 78.9 Å². The number of carbonyl (C=O) groups is 1. The highest BCUT2D eigenvalue weighted by molar-refractivity contribution is 8.32. The molecule has 0 spiro atoms. The summed E-state index contributed by atoms with van der Waals surface area (Å²) in [4.78, 5) is 12.5. The van der Waals surface area contributed by atoms with Crippen LogP contribution in [0, 0.1) is 0 Å². The van der Waals surface area contributed by atoms with Crippen molar-refractivity contribution in [3.8, 4) is 0 Å². The van der Waals surface area contributed by atoms with Gasteiger partial charge in [0.2, 0.25) is 0 Å². The van der Waals surface area contributed by atoms with Crippen LogP contribution in [0.2, 0.25) is 0 Å². The van der Waals surface area contributed by atoms with Crippen LogP contribution in [0.25, 0.3) is 21.8 Å². The molecule has 4 rings (SSSR count). The second kappa shape index (κ2) is 8.98. The van der Waals surface area contributed by atoms with E-state index in [2.05, 4.69) is 12.1 Å². The van der Waals surface area contributed by atoms with Gasteiger partial charge in [-0.3, -0.25) is 9.36 Å². The van der Waals surface area contributed by atoms with Crippen molar-refractivity contribution in [2.75, 3.05) is 0 Å². The van der Waals surface area contributed by atoms with Gasteiger partial charge in [0.05, 0.1) is 11.0 Å². The molecule has 0 N–H and O–H groups in total. The van der Waals surface area contributed by atoms with Crippen molar-refractivity contribution in [2.45, 2.75) is 20.3 Å². The Kier molecular flexibility index (Phi) is 6.43. The highest BCUT2D eigenvalue weighted by Crippen LogP contribution is 2.30. The van der Waals surface area contributed by atoms with Crippen LogP contribution >= 0.6 is 24.0 Å². The Morgan fingerprint density at radius 3 is 1.85 bits per heavy atom. The SMILES string of the molecule is CC.O=C(Cc1ccccc1)SC(=S)n1c2ccccc2c2ccccc21. The van der Waals surface area contributed by atoms with Gasteiger partial charge in [-0.25, -0.2) is 0 Å². The second-order valence-corrected chi connectivity index (χ2v) is 7.46. The van der Waals surface area contributed by atoms with Crippen molar-refractivity contribution >= 4 is 55.2 Å². The van der Waals surface area contributed by atoms with Crippen LogP contribution in [-0.4, -0.2) is 14.0 Å². The molecule has 4 aromatic rings. The molecule has 3 aromatic carbocycles. The van der Waals surface area contributed by atoms with Gasteiger partial charge in [0.1, 0.15) is 0 Å². The van der Waals surface area contributed by atoms with E-state index in [-0.39, 0.29) is 5.12 Å². The fourth-order valence-corrected chi connectivity index (χ4v) is 4.26. The minimum absolute atomic E-state index is 0.0538. The number of aromatic nitrogens is 1. The van der Waals surface area contributed by atoms with Gasteiger partial charge in [0.15, 0.2) is 9.44 Å². The molecule has 0 atom stereocenters.